The van der Waals surface area contributed by atoms with Gasteiger partial charge in [0, 0.05) is 19.8 Å². The molecule has 3 heteroatoms. The topological polar surface area (TPSA) is 35.5 Å². The summed E-state index contributed by atoms with van der Waals surface area (Å²) >= 11 is 0. The van der Waals surface area contributed by atoms with E-state index in [0.717, 1.165) is 35.1 Å². The van der Waals surface area contributed by atoms with Crippen LogP contribution in [0.5, 0.6) is 0 Å². The van der Waals surface area contributed by atoms with Gasteiger partial charge >= 0.3 is 0 Å². The van der Waals surface area contributed by atoms with Gasteiger partial charge in [-0.25, -0.2) is 0 Å². The van der Waals surface area contributed by atoms with Crippen molar-refractivity contribution in [3.05, 3.63) is 71.3 Å². The molecule has 1 spiro atoms. The van der Waals surface area contributed by atoms with Crippen molar-refractivity contribution in [1.29, 1.82) is 0 Å². The number of carbonyl (C=O) groups excluding carboxylic acids is 1. The molecule has 0 radical (unpaired) electrons. The van der Waals surface area contributed by atoms with Gasteiger partial charge in [-0.15, -0.1) is 0 Å². The number of carbonyl (C=O) groups is 1. The first kappa shape index (κ1) is 15.3. The van der Waals surface area contributed by atoms with Crippen LogP contribution in [0, 0.1) is 0 Å². The number of rotatable bonds is 3. The average molecular weight is 320 g/mol. The summed E-state index contributed by atoms with van der Waals surface area (Å²) in [7, 11) is 3.09. The summed E-state index contributed by atoms with van der Waals surface area (Å²) < 4.78 is 11.4. The fourth-order valence-electron chi connectivity index (χ4n) is 3.87. The Kier molecular flexibility index (Phi) is 3.44. The minimum absolute atomic E-state index is 0.0147. The minimum Gasteiger partial charge on any atom is -0.343 e. The molecule has 0 heterocycles. The molecule has 3 nitrogen and oxygen atoms in total. The number of ether oxygens (including phenoxy) is 2. The predicted octanol–water partition coefficient (Wildman–Crippen LogP) is 3.83. The summed E-state index contributed by atoms with van der Waals surface area (Å²) in [6, 6.07) is 18.1. The summed E-state index contributed by atoms with van der Waals surface area (Å²) in [6.45, 7) is 0. The fourth-order valence-corrected chi connectivity index (χ4v) is 3.87. The fraction of sp³-hybridized carbons (Fsp3) is 0.286. The first-order valence-electron chi connectivity index (χ1n) is 8.20. The molecular formula is C21H20O3. The first-order valence-corrected chi connectivity index (χ1v) is 8.20. The van der Waals surface area contributed by atoms with Gasteiger partial charge in [-0.3, -0.25) is 4.79 Å². The molecule has 2 aromatic carbocycles. The Hall–Kier alpha value is -2.23. The highest BCUT2D eigenvalue weighted by Crippen LogP contribution is 2.59. The van der Waals surface area contributed by atoms with Crippen LogP contribution in [-0.2, 0) is 19.7 Å². The van der Waals surface area contributed by atoms with Crippen molar-refractivity contribution in [3.8, 4) is 0 Å². The number of benzene rings is 2. The van der Waals surface area contributed by atoms with Gasteiger partial charge in [0.15, 0.2) is 0 Å². The second-order valence-electron chi connectivity index (χ2n) is 6.45. The number of methoxy groups -OCH3 is 2. The largest absolute Gasteiger partial charge is 0.343 e. The van der Waals surface area contributed by atoms with Crippen LogP contribution in [0.15, 0.2) is 54.6 Å². The van der Waals surface area contributed by atoms with Gasteiger partial charge in [0.25, 0.3) is 5.79 Å². The number of fused-ring (bicyclic) bond motifs is 2. The maximum absolute atomic E-state index is 13.4. The molecular weight excluding hydrogens is 300 g/mol. The SMILES string of the molecule is COC1(OC)C(=O)C2(CC2)c2ccccc2/C1=C/c1ccccc1. The van der Waals surface area contributed by atoms with Crippen molar-refractivity contribution in [2.75, 3.05) is 14.2 Å². The summed E-state index contributed by atoms with van der Waals surface area (Å²) in [5, 5.41) is 0. The van der Waals surface area contributed by atoms with E-state index in [1.54, 1.807) is 14.2 Å². The van der Waals surface area contributed by atoms with E-state index < -0.39 is 11.2 Å². The Bertz CT molecular complexity index is 812. The third kappa shape index (κ3) is 1.95. The summed E-state index contributed by atoms with van der Waals surface area (Å²) in [5.41, 5.74) is 3.48. The molecule has 0 amide bonds. The molecule has 0 saturated heterocycles. The second kappa shape index (κ2) is 5.40. The van der Waals surface area contributed by atoms with Crippen LogP contribution in [-0.4, -0.2) is 25.8 Å². The standard InChI is InChI=1S/C21H20O3/c1-23-21(24-2)18(14-15-8-4-3-5-9-15)16-10-6-7-11-17(16)20(12-13-20)19(21)22/h3-11,14H,12-13H2,1-2H3/b18-14-. The number of hydrogen-bond donors (Lipinski definition) is 0. The Balaban J connectivity index is 2.01. The molecule has 0 N–H and O–H groups in total. The molecule has 4 rings (SSSR count). The predicted molar refractivity (Wildman–Crippen MR) is 93.4 cm³/mol. The van der Waals surface area contributed by atoms with Crippen LogP contribution in [0.3, 0.4) is 0 Å². The molecule has 2 aliphatic rings. The lowest BCUT2D eigenvalue weighted by Crippen LogP contribution is -2.52. The molecule has 0 bridgehead atoms. The molecule has 1 fully saturated rings. The molecule has 0 atom stereocenters. The van der Waals surface area contributed by atoms with Crippen LogP contribution < -0.4 is 0 Å². The van der Waals surface area contributed by atoms with E-state index in [4.69, 9.17) is 9.47 Å². The minimum atomic E-state index is -1.35. The van der Waals surface area contributed by atoms with Crippen molar-refractivity contribution >= 4 is 17.4 Å². The van der Waals surface area contributed by atoms with E-state index in [1.807, 2.05) is 48.5 Å². The Morgan fingerprint density at radius 3 is 2.17 bits per heavy atom. The highest BCUT2D eigenvalue weighted by atomic mass is 16.7. The Morgan fingerprint density at radius 2 is 1.54 bits per heavy atom. The normalized spacial score (nSPS) is 21.8. The van der Waals surface area contributed by atoms with Crippen LogP contribution in [0.25, 0.3) is 11.6 Å². The maximum atomic E-state index is 13.4. The summed E-state index contributed by atoms with van der Waals surface area (Å²) in [6.07, 6.45) is 3.71. The average Bonchev–Trinajstić information content (AvgIpc) is 3.44. The number of Topliss-reactive ketones (excluding diaryl/α,β-unsaturated/α-hetero) is 1. The van der Waals surface area contributed by atoms with Gasteiger partial charge in [0.1, 0.15) is 0 Å². The lowest BCUT2D eigenvalue weighted by Gasteiger charge is -2.40. The molecule has 122 valence electrons. The molecule has 0 aliphatic heterocycles. The molecule has 24 heavy (non-hydrogen) atoms. The zero-order valence-electron chi connectivity index (χ0n) is 13.9. The van der Waals surface area contributed by atoms with Gasteiger partial charge in [0.2, 0.25) is 5.78 Å². The highest BCUT2D eigenvalue weighted by Gasteiger charge is 2.64. The third-order valence-electron chi connectivity index (χ3n) is 5.26. The van der Waals surface area contributed by atoms with Crippen LogP contribution in [0.1, 0.15) is 29.5 Å². The van der Waals surface area contributed by atoms with Crippen LogP contribution in [0.4, 0.5) is 0 Å². The quantitative estimate of drug-likeness (QED) is 0.806. The summed E-state index contributed by atoms with van der Waals surface area (Å²) in [5.74, 6) is -1.33. The zero-order chi connectivity index (χ0) is 16.8. The van der Waals surface area contributed by atoms with Crippen LogP contribution in [0.2, 0.25) is 0 Å². The van der Waals surface area contributed by atoms with E-state index in [-0.39, 0.29) is 5.78 Å². The molecule has 2 aliphatic carbocycles. The number of hydrogen-bond acceptors (Lipinski definition) is 3. The summed E-state index contributed by atoms with van der Waals surface area (Å²) in [4.78, 5) is 13.4. The Labute approximate surface area is 141 Å². The molecule has 1 saturated carbocycles. The van der Waals surface area contributed by atoms with E-state index >= 15 is 0 Å². The van der Waals surface area contributed by atoms with Crippen molar-refractivity contribution in [2.45, 2.75) is 24.0 Å². The van der Waals surface area contributed by atoms with Crippen molar-refractivity contribution < 1.29 is 14.3 Å². The van der Waals surface area contributed by atoms with Gasteiger partial charge in [-0.2, -0.15) is 0 Å². The third-order valence-corrected chi connectivity index (χ3v) is 5.26. The van der Waals surface area contributed by atoms with Gasteiger partial charge < -0.3 is 9.47 Å². The zero-order valence-corrected chi connectivity index (χ0v) is 13.9. The van der Waals surface area contributed by atoms with Crippen LogP contribution >= 0.6 is 0 Å². The van der Waals surface area contributed by atoms with Crippen molar-refractivity contribution in [2.24, 2.45) is 0 Å². The smallest absolute Gasteiger partial charge is 0.257 e. The molecule has 0 aromatic heterocycles. The van der Waals surface area contributed by atoms with Crippen molar-refractivity contribution in [3.63, 3.8) is 0 Å². The Morgan fingerprint density at radius 1 is 0.917 bits per heavy atom. The van der Waals surface area contributed by atoms with Gasteiger partial charge in [-0.05, 0) is 35.6 Å². The lowest BCUT2D eigenvalue weighted by molar-refractivity contribution is -0.185. The molecule has 2 aromatic rings. The second-order valence-corrected chi connectivity index (χ2v) is 6.45. The van der Waals surface area contributed by atoms with E-state index in [1.165, 1.54) is 0 Å². The number of ketones is 1. The lowest BCUT2D eigenvalue weighted by atomic mass is 9.72. The first-order chi connectivity index (χ1) is 11.7. The van der Waals surface area contributed by atoms with Crippen molar-refractivity contribution in [1.82, 2.24) is 0 Å². The maximum Gasteiger partial charge on any atom is 0.257 e. The van der Waals surface area contributed by atoms with Gasteiger partial charge in [-0.1, -0.05) is 54.6 Å². The highest BCUT2D eigenvalue weighted by molar-refractivity contribution is 6.14. The van der Waals surface area contributed by atoms with E-state index in [2.05, 4.69) is 12.1 Å². The van der Waals surface area contributed by atoms with E-state index in [9.17, 15) is 4.79 Å². The monoisotopic (exact) mass is 320 g/mol. The van der Waals surface area contributed by atoms with E-state index in [0.29, 0.717) is 0 Å². The van der Waals surface area contributed by atoms with Gasteiger partial charge in [0.05, 0.1) is 5.41 Å². The molecule has 0 unspecified atom stereocenters.